The second kappa shape index (κ2) is 10.5. The van der Waals surface area contributed by atoms with Gasteiger partial charge in [0.05, 0.1) is 18.3 Å². The Morgan fingerprint density at radius 2 is 1.88 bits per heavy atom. The summed E-state index contributed by atoms with van der Waals surface area (Å²) in [5.74, 6) is -0.882. The molecule has 1 atom stereocenters. The molecular weight excluding hydrogens is 404 g/mol. The van der Waals surface area contributed by atoms with E-state index in [4.69, 9.17) is 9.47 Å². The average molecular weight is 439 g/mol. The van der Waals surface area contributed by atoms with Gasteiger partial charge in [0.2, 0.25) is 0 Å². The number of aromatic carboxylic acids is 1. The first-order chi connectivity index (χ1) is 15.6. The van der Waals surface area contributed by atoms with Crippen LogP contribution in [0, 0.1) is 6.92 Å². The molecule has 2 aromatic carbocycles. The number of carboxylic acid groups (broad SMARTS) is 1. The highest BCUT2D eigenvalue weighted by atomic mass is 16.5. The van der Waals surface area contributed by atoms with Gasteiger partial charge in [-0.2, -0.15) is 0 Å². The van der Waals surface area contributed by atoms with E-state index in [2.05, 4.69) is 47.5 Å². The normalized spacial score (nSPS) is 19.6. The van der Waals surface area contributed by atoms with Gasteiger partial charge in [-0.25, -0.2) is 4.79 Å². The first-order valence-electron chi connectivity index (χ1n) is 11.7. The number of benzene rings is 2. The van der Waals surface area contributed by atoms with Gasteiger partial charge in [0.25, 0.3) is 0 Å². The molecule has 1 unspecified atom stereocenters. The number of carbonyl (C=O) groups is 1. The Morgan fingerprint density at radius 1 is 1.12 bits per heavy atom. The number of nitrogens with zero attached hydrogens (tertiary/aromatic N) is 1. The van der Waals surface area contributed by atoms with E-state index in [1.54, 1.807) is 0 Å². The van der Waals surface area contributed by atoms with Crippen LogP contribution >= 0.6 is 0 Å². The number of hydrogen-bond acceptors (Lipinski definition) is 5. The van der Waals surface area contributed by atoms with Gasteiger partial charge in [-0.3, -0.25) is 0 Å². The predicted molar refractivity (Wildman–Crippen MR) is 127 cm³/mol. The van der Waals surface area contributed by atoms with Crippen LogP contribution < -0.4 is 10.2 Å². The van der Waals surface area contributed by atoms with Crippen LogP contribution in [0.1, 0.15) is 41.3 Å². The maximum atomic E-state index is 12.1. The fraction of sp³-hybridized carbons (Fsp3) is 0.500. The Morgan fingerprint density at radius 3 is 2.50 bits per heavy atom. The molecule has 32 heavy (non-hydrogen) atoms. The molecule has 2 saturated heterocycles. The topological polar surface area (TPSA) is 71.0 Å². The van der Waals surface area contributed by atoms with Crippen molar-refractivity contribution < 1.29 is 19.4 Å². The Balaban J connectivity index is 1.63. The third-order valence-electron chi connectivity index (χ3n) is 6.65. The largest absolute Gasteiger partial charge is 0.478 e. The Labute approximate surface area is 190 Å². The summed E-state index contributed by atoms with van der Waals surface area (Å²) in [4.78, 5) is 14.4. The molecule has 2 fully saturated rings. The fourth-order valence-electron chi connectivity index (χ4n) is 4.86. The molecule has 0 amide bonds. The predicted octanol–water partition coefficient (Wildman–Crippen LogP) is 3.90. The molecule has 0 spiro atoms. The molecule has 2 aliphatic heterocycles. The highest BCUT2D eigenvalue weighted by Crippen LogP contribution is 2.34. The van der Waals surface area contributed by atoms with Crippen molar-refractivity contribution in [1.29, 1.82) is 0 Å². The van der Waals surface area contributed by atoms with E-state index < -0.39 is 5.97 Å². The van der Waals surface area contributed by atoms with E-state index in [0.717, 1.165) is 81.1 Å². The fourth-order valence-corrected chi connectivity index (χ4v) is 4.86. The van der Waals surface area contributed by atoms with Crippen LogP contribution in [-0.4, -0.2) is 62.7 Å². The van der Waals surface area contributed by atoms with Crippen molar-refractivity contribution in [3.05, 3.63) is 53.1 Å². The summed E-state index contributed by atoms with van der Waals surface area (Å²) >= 11 is 0. The highest BCUT2D eigenvalue weighted by Gasteiger charge is 2.24. The maximum Gasteiger partial charge on any atom is 0.336 e. The molecule has 0 radical (unpaired) electrons. The van der Waals surface area contributed by atoms with Crippen molar-refractivity contribution in [3.63, 3.8) is 0 Å². The van der Waals surface area contributed by atoms with E-state index in [0.29, 0.717) is 11.6 Å². The minimum Gasteiger partial charge on any atom is -0.478 e. The molecule has 2 aliphatic rings. The first-order valence-corrected chi connectivity index (χ1v) is 11.7. The van der Waals surface area contributed by atoms with Crippen LogP contribution in [0.5, 0.6) is 0 Å². The quantitative estimate of drug-likeness (QED) is 0.683. The molecular formula is C26H34N2O4. The smallest absolute Gasteiger partial charge is 0.336 e. The molecule has 2 N–H and O–H groups in total. The monoisotopic (exact) mass is 438 g/mol. The van der Waals surface area contributed by atoms with E-state index in [-0.39, 0.29) is 6.10 Å². The number of rotatable bonds is 7. The molecule has 172 valence electrons. The zero-order chi connectivity index (χ0) is 22.5. The van der Waals surface area contributed by atoms with Gasteiger partial charge in [0.1, 0.15) is 0 Å². The Hall–Kier alpha value is -2.41. The Bertz CT molecular complexity index is 916. The van der Waals surface area contributed by atoms with E-state index in [9.17, 15) is 9.90 Å². The lowest BCUT2D eigenvalue weighted by molar-refractivity contribution is 0.0292. The number of carboxylic acids is 1. The summed E-state index contributed by atoms with van der Waals surface area (Å²) in [5.41, 5.74) is 5.41. The second-order valence-electron chi connectivity index (χ2n) is 8.70. The van der Waals surface area contributed by atoms with Crippen molar-refractivity contribution >= 4 is 11.7 Å². The minimum absolute atomic E-state index is 0.205. The van der Waals surface area contributed by atoms with Crippen molar-refractivity contribution in [2.45, 2.75) is 45.3 Å². The summed E-state index contributed by atoms with van der Waals surface area (Å²) < 4.78 is 11.4. The average Bonchev–Trinajstić information content (AvgIpc) is 2.82. The van der Waals surface area contributed by atoms with Gasteiger partial charge in [-0.15, -0.1) is 0 Å². The van der Waals surface area contributed by atoms with Gasteiger partial charge in [0, 0.05) is 44.6 Å². The van der Waals surface area contributed by atoms with E-state index in [1.807, 2.05) is 13.0 Å². The van der Waals surface area contributed by atoms with Crippen molar-refractivity contribution in [2.75, 3.05) is 44.4 Å². The van der Waals surface area contributed by atoms with Crippen LogP contribution in [0.3, 0.4) is 0 Å². The molecule has 2 heterocycles. The van der Waals surface area contributed by atoms with Gasteiger partial charge >= 0.3 is 5.97 Å². The summed E-state index contributed by atoms with van der Waals surface area (Å²) in [5, 5.41) is 13.3. The van der Waals surface area contributed by atoms with Crippen LogP contribution in [0.25, 0.3) is 11.1 Å². The van der Waals surface area contributed by atoms with Gasteiger partial charge < -0.3 is 24.8 Å². The molecule has 0 aliphatic carbocycles. The second-order valence-corrected chi connectivity index (χ2v) is 8.70. The molecule has 0 aromatic heterocycles. The first kappa shape index (κ1) is 22.8. The van der Waals surface area contributed by atoms with E-state index in [1.165, 1.54) is 5.56 Å². The van der Waals surface area contributed by atoms with Crippen LogP contribution in [-0.2, 0) is 15.9 Å². The standard InChI is InChI=1S/C26H34N2O4/c1-3-28(22-8-11-31-12-9-22)25-16-21(15-24(18(25)2)26(29)30)20-6-4-19(5-7-20)14-23-17-27-10-13-32-23/h4-7,15-16,22-23,27H,3,8-14,17H2,1-2H3,(H,29,30). The molecule has 2 aromatic rings. The maximum absolute atomic E-state index is 12.1. The van der Waals surface area contributed by atoms with Gasteiger partial charge in [0.15, 0.2) is 0 Å². The third kappa shape index (κ3) is 5.14. The minimum atomic E-state index is -0.882. The molecule has 4 rings (SSSR count). The Kier molecular flexibility index (Phi) is 7.45. The molecule has 0 bridgehead atoms. The number of ether oxygens (including phenoxy) is 2. The van der Waals surface area contributed by atoms with Crippen molar-refractivity contribution in [3.8, 4) is 11.1 Å². The third-order valence-corrected chi connectivity index (χ3v) is 6.65. The lowest BCUT2D eigenvalue weighted by Gasteiger charge is -2.36. The van der Waals surface area contributed by atoms with Crippen molar-refractivity contribution in [1.82, 2.24) is 5.32 Å². The lowest BCUT2D eigenvalue weighted by atomic mass is 9.94. The number of nitrogens with one attached hydrogen (secondary N) is 1. The summed E-state index contributed by atoms with van der Waals surface area (Å²) in [6, 6.07) is 12.8. The van der Waals surface area contributed by atoms with Gasteiger partial charge in [-0.1, -0.05) is 24.3 Å². The number of hydrogen-bond donors (Lipinski definition) is 2. The molecule has 0 saturated carbocycles. The molecule has 6 heteroatoms. The van der Waals surface area contributed by atoms with Crippen LogP contribution in [0.15, 0.2) is 36.4 Å². The van der Waals surface area contributed by atoms with Crippen molar-refractivity contribution in [2.24, 2.45) is 0 Å². The zero-order valence-corrected chi connectivity index (χ0v) is 19.1. The highest BCUT2D eigenvalue weighted by molar-refractivity contribution is 5.94. The summed E-state index contributed by atoms with van der Waals surface area (Å²) in [6.45, 7) is 8.96. The lowest BCUT2D eigenvalue weighted by Crippen LogP contribution is -2.40. The molecule has 6 nitrogen and oxygen atoms in total. The summed E-state index contributed by atoms with van der Waals surface area (Å²) in [6.07, 6.45) is 3.01. The summed E-state index contributed by atoms with van der Waals surface area (Å²) in [7, 11) is 0. The SMILES string of the molecule is CCN(c1cc(-c2ccc(CC3CNCCO3)cc2)cc(C(=O)O)c1C)C1CCOCC1. The van der Waals surface area contributed by atoms with Gasteiger partial charge in [-0.05, 0) is 67.5 Å². The van der Waals surface area contributed by atoms with Crippen LogP contribution in [0.2, 0.25) is 0 Å². The number of anilines is 1. The van der Waals surface area contributed by atoms with Crippen LogP contribution in [0.4, 0.5) is 5.69 Å². The number of morpholine rings is 1. The zero-order valence-electron chi connectivity index (χ0n) is 19.1. The van der Waals surface area contributed by atoms with E-state index >= 15 is 0 Å².